The number of pyridine rings is 1. The van der Waals surface area contributed by atoms with E-state index in [1.807, 2.05) is 17.0 Å². The fourth-order valence-electron chi connectivity index (χ4n) is 5.14. The highest BCUT2D eigenvalue weighted by molar-refractivity contribution is 6.32. The molecule has 0 aliphatic carbocycles. The van der Waals surface area contributed by atoms with Crippen LogP contribution in [0.15, 0.2) is 43.2 Å². The van der Waals surface area contributed by atoms with Gasteiger partial charge in [-0.1, -0.05) is 18.2 Å². The van der Waals surface area contributed by atoms with Crippen molar-refractivity contribution in [3.63, 3.8) is 0 Å². The van der Waals surface area contributed by atoms with Crippen molar-refractivity contribution in [3.05, 3.63) is 54.1 Å². The monoisotopic (exact) mass is 524 g/mol. The molecule has 6 rings (SSSR count). The molecule has 192 valence electrons. The second kappa shape index (κ2) is 9.42. The van der Waals surface area contributed by atoms with Gasteiger partial charge in [-0.15, -0.1) is 0 Å². The molecule has 2 aromatic heterocycles. The van der Waals surface area contributed by atoms with E-state index < -0.39 is 5.82 Å². The molecular formula is C26H26ClFN6O3. The lowest BCUT2D eigenvalue weighted by Gasteiger charge is -2.62. The van der Waals surface area contributed by atoms with Crippen molar-refractivity contribution in [2.75, 3.05) is 49.7 Å². The number of carbonyl (C=O) groups is 1. The first-order chi connectivity index (χ1) is 18.0. The summed E-state index contributed by atoms with van der Waals surface area (Å²) in [6.07, 6.45) is 4.64. The number of rotatable bonds is 7. The Morgan fingerprint density at radius 3 is 2.92 bits per heavy atom. The predicted octanol–water partition coefficient (Wildman–Crippen LogP) is 3.95. The van der Waals surface area contributed by atoms with E-state index in [9.17, 15) is 4.79 Å². The van der Waals surface area contributed by atoms with Crippen LogP contribution in [0.2, 0.25) is 5.02 Å². The first-order valence-corrected chi connectivity index (χ1v) is 12.6. The van der Waals surface area contributed by atoms with Crippen molar-refractivity contribution >= 4 is 45.9 Å². The zero-order valence-electron chi connectivity index (χ0n) is 20.1. The number of hydrogen-bond donors (Lipinski definition) is 1. The molecule has 1 aromatic carbocycles. The van der Waals surface area contributed by atoms with Crippen LogP contribution in [-0.2, 0) is 9.53 Å². The van der Waals surface area contributed by atoms with Gasteiger partial charge in [-0.3, -0.25) is 4.79 Å². The maximum atomic E-state index is 15.2. The van der Waals surface area contributed by atoms with Crippen LogP contribution < -0.4 is 15.0 Å². The van der Waals surface area contributed by atoms with E-state index in [-0.39, 0.29) is 33.8 Å². The Hall–Kier alpha value is -3.50. The first kappa shape index (κ1) is 23.9. The molecule has 1 N–H and O–H groups in total. The van der Waals surface area contributed by atoms with Crippen molar-refractivity contribution in [1.82, 2.24) is 19.9 Å². The van der Waals surface area contributed by atoms with E-state index in [1.54, 1.807) is 12.1 Å². The Kier molecular flexibility index (Phi) is 6.08. The fourth-order valence-corrected chi connectivity index (χ4v) is 5.36. The molecule has 11 heteroatoms. The van der Waals surface area contributed by atoms with E-state index in [0.717, 1.165) is 25.2 Å². The Bertz CT molecular complexity index is 1380. The van der Waals surface area contributed by atoms with Crippen LogP contribution in [0.3, 0.4) is 0 Å². The zero-order chi connectivity index (χ0) is 25.6. The number of nitrogens with one attached hydrogen (secondary N) is 1. The molecule has 0 radical (unpaired) electrons. The molecule has 3 aromatic rings. The maximum Gasteiger partial charge on any atom is 0.246 e. The average Bonchev–Trinajstić information content (AvgIpc) is 3.39. The molecule has 37 heavy (non-hydrogen) atoms. The summed E-state index contributed by atoms with van der Waals surface area (Å²) in [5.41, 5.74) is 1.13. The van der Waals surface area contributed by atoms with Crippen LogP contribution in [0.5, 0.6) is 5.75 Å². The Morgan fingerprint density at radius 2 is 2.19 bits per heavy atom. The Labute approximate surface area is 218 Å². The Morgan fingerprint density at radius 1 is 1.32 bits per heavy atom. The average molecular weight is 525 g/mol. The summed E-state index contributed by atoms with van der Waals surface area (Å²) in [6, 6.07) is 6.96. The van der Waals surface area contributed by atoms with Gasteiger partial charge in [-0.05, 0) is 43.2 Å². The van der Waals surface area contributed by atoms with Crippen LogP contribution in [0.1, 0.15) is 12.8 Å². The minimum Gasteiger partial charge on any atom is -0.492 e. The van der Waals surface area contributed by atoms with Crippen LogP contribution in [-0.4, -0.2) is 70.8 Å². The molecule has 1 amide bonds. The largest absolute Gasteiger partial charge is 0.492 e. The summed E-state index contributed by atoms with van der Waals surface area (Å²) >= 11 is 6.29. The second-order valence-corrected chi connectivity index (χ2v) is 10.1. The van der Waals surface area contributed by atoms with Gasteiger partial charge in [0.1, 0.15) is 28.4 Å². The molecule has 3 aliphatic rings. The van der Waals surface area contributed by atoms with Gasteiger partial charge in [0.25, 0.3) is 0 Å². The molecule has 1 atom stereocenters. The molecule has 0 saturated carbocycles. The molecule has 0 bridgehead atoms. The second-order valence-electron chi connectivity index (χ2n) is 9.69. The highest BCUT2D eigenvalue weighted by atomic mass is 35.5. The number of likely N-dealkylation sites (tertiary alicyclic amines) is 1. The van der Waals surface area contributed by atoms with E-state index in [4.69, 9.17) is 26.1 Å². The molecule has 9 nitrogen and oxygen atoms in total. The zero-order valence-corrected chi connectivity index (χ0v) is 20.9. The summed E-state index contributed by atoms with van der Waals surface area (Å²) in [5.74, 6) is 0.998. The summed E-state index contributed by atoms with van der Waals surface area (Å²) < 4.78 is 26.3. The van der Waals surface area contributed by atoms with Crippen molar-refractivity contribution in [1.29, 1.82) is 0 Å². The lowest BCUT2D eigenvalue weighted by atomic mass is 9.77. The van der Waals surface area contributed by atoms with Crippen molar-refractivity contribution in [2.45, 2.75) is 18.4 Å². The number of fused-ring (bicyclic) bond motifs is 1. The number of aromatic nitrogens is 3. The molecule has 3 saturated heterocycles. The normalized spacial score (nSPS) is 20.0. The van der Waals surface area contributed by atoms with Gasteiger partial charge in [0.2, 0.25) is 5.91 Å². The summed E-state index contributed by atoms with van der Waals surface area (Å²) in [6.45, 7) is 7.52. The van der Waals surface area contributed by atoms with Gasteiger partial charge < -0.3 is 24.6 Å². The maximum absolute atomic E-state index is 15.2. The molecule has 0 unspecified atom stereocenters. The van der Waals surface area contributed by atoms with Crippen LogP contribution in [0, 0.1) is 11.7 Å². The smallest absolute Gasteiger partial charge is 0.246 e. The standard InChI is InChI=1S/C26H26ClFN6O3/c1-2-21(35)34-9-8-26(34)13-33(14-26)20-6-4-18-24(32-20)25(30-15-29-18)31-17-3-5-19(22(27)23(17)28)37-12-16-7-10-36-11-16/h2-6,15-16H,1,7-14H2,(H,29,30,31)/t16-/m0/s1. The van der Waals surface area contributed by atoms with Gasteiger partial charge >= 0.3 is 0 Å². The van der Waals surface area contributed by atoms with Gasteiger partial charge in [0.05, 0.1) is 30.0 Å². The molecule has 5 heterocycles. The number of benzene rings is 1. The van der Waals surface area contributed by atoms with Gasteiger partial charge in [-0.2, -0.15) is 0 Å². The van der Waals surface area contributed by atoms with Crippen molar-refractivity contribution in [3.8, 4) is 5.75 Å². The Balaban J connectivity index is 1.20. The van der Waals surface area contributed by atoms with Gasteiger partial charge in [-0.25, -0.2) is 19.3 Å². The number of hydrogen-bond acceptors (Lipinski definition) is 8. The number of carbonyl (C=O) groups excluding carboxylic acids is 1. The summed E-state index contributed by atoms with van der Waals surface area (Å²) in [5, 5.41) is 2.92. The fraction of sp³-hybridized carbons (Fsp3) is 0.385. The van der Waals surface area contributed by atoms with Crippen molar-refractivity contribution < 1.29 is 18.7 Å². The molecule has 1 spiro atoms. The van der Waals surface area contributed by atoms with Crippen LogP contribution in [0.4, 0.5) is 21.7 Å². The molecule has 3 aliphatic heterocycles. The molecule has 3 fully saturated rings. The number of anilines is 3. The highest BCUT2D eigenvalue weighted by Crippen LogP contribution is 2.41. The van der Waals surface area contributed by atoms with Crippen LogP contribution in [0.25, 0.3) is 11.0 Å². The van der Waals surface area contributed by atoms with E-state index >= 15 is 4.39 Å². The number of amides is 1. The quantitative estimate of drug-likeness (QED) is 0.464. The van der Waals surface area contributed by atoms with Crippen molar-refractivity contribution in [2.24, 2.45) is 5.92 Å². The molecular weight excluding hydrogens is 499 g/mol. The number of nitrogens with zero attached hydrogens (tertiary/aromatic N) is 5. The van der Waals surface area contributed by atoms with E-state index in [0.29, 0.717) is 49.8 Å². The summed E-state index contributed by atoms with van der Waals surface area (Å²) in [4.78, 5) is 29.5. The lowest BCUT2D eigenvalue weighted by molar-refractivity contribution is -0.144. The SMILES string of the molecule is C=CC(=O)N1CCC12CN(c1ccc3ncnc(Nc4ccc(OC[C@H]5CCOC5)c(Cl)c4F)c3n1)C2. The third-order valence-corrected chi connectivity index (χ3v) is 7.73. The predicted molar refractivity (Wildman–Crippen MR) is 138 cm³/mol. The van der Waals surface area contributed by atoms with Gasteiger partial charge in [0.15, 0.2) is 11.6 Å². The topological polar surface area (TPSA) is 92.7 Å². The number of halogens is 2. The third kappa shape index (κ3) is 4.23. The van der Waals surface area contributed by atoms with E-state index in [2.05, 4.69) is 26.8 Å². The third-order valence-electron chi connectivity index (χ3n) is 7.37. The summed E-state index contributed by atoms with van der Waals surface area (Å²) in [7, 11) is 0. The minimum absolute atomic E-state index is 0.0399. The first-order valence-electron chi connectivity index (χ1n) is 12.2. The number of ether oxygens (including phenoxy) is 2. The highest BCUT2D eigenvalue weighted by Gasteiger charge is 2.55. The van der Waals surface area contributed by atoms with Gasteiger partial charge in [0, 0.05) is 32.2 Å². The minimum atomic E-state index is -0.633. The van der Waals surface area contributed by atoms with E-state index in [1.165, 1.54) is 12.4 Å². The lowest BCUT2D eigenvalue weighted by Crippen LogP contribution is -2.78. The van der Waals surface area contributed by atoms with Crippen LogP contribution >= 0.6 is 11.6 Å².